The number of benzene rings is 1. The van der Waals surface area contributed by atoms with Crippen molar-refractivity contribution in [2.75, 3.05) is 13.1 Å². The van der Waals surface area contributed by atoms with Crippen molar-refractivity contribution in [3.8, 4) is 0 Å². The van der Waals surface area contributed by atoms with Crippen LogP contribution in [-0.4, -0.2) is 23.9 Å². The van der Waals surface area contributed by atoms with Crippen LogP contribution in [0, 0.1) is 3.57 Å². The summed E-state index contributed by atoms with van der Waals surface area (Å²) in [6, 6.07) is 7.72. The van der Waals surface area contributed by atoms with Gasteiger partial charge in [0.15, 0.2) is 0 Å². The zero-order chi connectivity index (χ0) is 9.26. The minimum atomic E-state index is 0.177. The average molecular weight is 287 g/mol. The minimum absolute atomic E-state index is 0.177. The number of halogens is 1. The third kappa shape index (κ3) is 1.70. The number of likely N-dealkylation sites (tertiary alicyclic amines) is 1. The largest absolute Gasteiger partial charge is 0.338 e. The van der Waals surface area contributed by atoms with Crippen molar-refractivity contribution in [2.24, 2.45) is 0 Å². The van der Waals surface area contributed by atoms with Crippen LogP contribution in [0.5, 0.6) is 0 Å². The average Bonchev–Trinajstić information content (AvgIpc) is 2.01. The highest BCUT2D eigenvalue weighted by molar-refractivity contribution is 14.1. The lowest BCUT2D eigenvalue weighted by Crippen LogP contribution is -2.42. The van der Waals surface area contributed by atoms with Gasteiger partial charge in [0, 0.05) is 16.7 Å². The van der Waals surface area contributed by atoms with Crippen LogP contribution in [-0.2, 0) is 0 Å². The van der Waals surface area contributed by atoms with Gasteiger partial charge >= 0.3 is 0 Å². The molecule has 0 aliphatic carbocycles. The molecule has 0 atom stereocenters. The lowest BCUT2D eigenvalue weighted by Gasteiger charge is -2.31. The molecule has 1 aromatic rings. The van der Waals surface area contributed by atoms with Crippen molar-refractivity contribution in [1.82, 2.24) is 4.90 Å². The second-order valence-electron chi connectivity index (χ2n) is 3.13. The van der Waals surface area contributed by atoms with E-state index >= 15 is 0 Å². The molecule has 1 amide bonds. The van der Waals surface area contributed by atoms with Crippen LogP contribution in [0.2, 0.25) is 0 Å². The highest BCUT2D eigenvalue weighted by Gasteiger charge is 2.22. The molecule has 3 heteroatoms. The van der Waals surface area contributed by atoms with Gasteiger partial charge in [0.05, 0.1) is 5.56 Å². The molecule has 13 heavy (non-hydrogen) atoms. The van der Waals surface area contributed by atoms with Gasteiger partial charge < -0.3 is 4.90 Å². The molecule has 1 fully saturated rings. The molecule has 1 aliphatic rings. The van der Waals surface area contributed by atoms with E-state index in [0.717, 1.165) is 28.6 Å². The Hall–Kier alpha value is -0.580. The number of carbonyl (C=O) groups excluding carboxylic acids is 1. The highest BCUT2D eigenvalue weighted by Crippen LogP contribution is 2.17. The van der Waals surface area contributed by atoms with Crippen LogP contribution in [0.25, 0.3) is 0 Å². The fraction of sp³-hybridized carbons (Fsp3) is 0.300. The molecule has 2 nitrogen and oxygen atoms in total. The van der Waals surface area contributed by atoms with E-state index in [4.69, 9.17) is 0 Å². The molecule has 1 saturated heterocycles. The summed E-state index contributed by atoms with van der Waals surface area (Å²) in [6.07, 6.45) is 1.15. The Labute approximate surface area is 91.1 Å². The summed E-state index contributed by atoms with van der Waals surface area (Å²) in [7, 11) is 0. The third-order valence-corrected chi connectivity index (χ3v) is 3.19. The molecule has 1 aliphatic heterocycles. The number of carbonyl (C=O) groups is 1. The third-order valence-electron chi connectivity index (χ3n) is 2.25. The second-order valence-corrected chi connectivity index (χ2v) is 4.29. The molecule has 0 saturated carbocycles. The Morgan fingerprint density at radius 3 is 2.54 bits per heavy atom. The predicted molar refractivity (Wildman–Crippen MR) is 59.7 cm³/mol. The summed E-state index contributed by atoms with van der Waals surface area (Å²) in [5.74, 6) is 0.177. The summed E-state index contributed by atoms with van der Waals surface area (Å²) >= 11 is 2.20. The molecule has 0 unspecified atom stereocenters. The van der Waals surface area contributed by atoms with Crippen LogP contribution in [0.3, 0.4) is 0 Å². The van der Waals surface area contributed by atoms with Gasteiger partial charge in [-0.2, -0.15) is 0 Å². The molecule has 0 N–H and O–H groups in total. The quantitative estimate of drug-likeness (QED) is 0.725. The zero-order valence-corrected chi connectivity index (χ0v) is 9.32. The van der Waals surface area contributed by atoms with Crippen LogP contribution < -0.4 is 0 Å². The van der Waals surface area contributed by atoms with Gasteiger partial charge in [0.2, 0.25) is 0 Å². The van der Waals surface area contributed by atoms with E-state index in [1.165, 1.54) is 0 Å². The summed E-state index contributed by atoms with van der Waals surface area (Å²) in [4.78, 5) is 13.7. The first kappa shape index (κ1) is 8.99. The van der Waals surface area contributed by atoms with Crippen LogP contribution in [0.15, 0.2) is 24.3 Å². The first-order valence-corrected chi connectivity index (χ1v) is 5.41. The van der Waals surface area contributed by atoms with E-state index in [9.17, 15) is 4.79 Å². The molecule has 1 heterocycles. The molecular weight excluding hydrogens is 277 g/mol. The number of hydrogen-bond acceptors (Lipinski definition) is 1. The van der Waals surface area contributed by atoms with Crippen molar-refractivity contribution >= 4 is 28.5 Å². The number of hydrogen-bond donors (Lipinski definition) is 0. The summed E-state index contributed by atoms with van der Waals surface area (Å²) in [5.41, 5.74) is 0.836. The lowest BCUT2D eigenvalue weighted by atomic mass is 10.1. The Morgan fingerprint density at radius 2 is 2.00 bits per heavy atom. The van der Waals surface area contributed by atoms with Gasteiger partial charge in [0.1, 0.15) is 0 Å². The van der Waals surface area contributed by atoms with E-state index in [1.54, 1.807) is 0 Å². The molecular formula is C10H10INO. The first-order chi connectivity index (χ1) is 6.29. The fourth-order valence-corrected chi connectivity index (χ4v) is 1.94. The lowest BCUT2D eigenvalue weighted by molar-refractivity contribution is 0.0650. The molecule has 0 radical (unpaired) electrons. The molecule has 0 bridgehead atoms. The van der Waals surface area contributed by atoms with Crippen molar-refractivity contribution in [3.05, 3.63) is 33.4 Å². The molecule has 1 aromatic carbocycles. The van der Waals surface area contributed by atoms with Crippen LogP contribution in [0.1, 0.15) is 16.8 Å². The Morgan fingerprint density at radius 1 is 1.31 bits per heavy atom. The Kier molecular flexibility index (Phi) is 2.53. The number of rotatable bonds is 1. The predicted octanol–water partition coefficient (Wildman–Crippen LogP) is 2.14. The van der Waals surface area contributed by atoms with E-state index in [2.05, 4.69) is 22.6 Å². The van der Waals surface area contributed by atoms with Gasteiger partial charge in [-0.05, 0) is 41.1 Å². The SMILES string of the molecule is O=C(c1ccccc1I)N1CCC1. The highest BCUT2D eigenvalue weighted by atomic mass is 127. The standard InChI is InChI=1S/C10H10INO/c11-9-5-2-1-4-8(9)10(13)12-6-3-7-12/h1-2,4-5H,3,6-7H2. The van der Waals surface area contributed by atoms with Gasteiger partial charge in [0.25, 0.3) is 5.91 Å². The maximum atomic E-state index is 11.8. The van der Waals surface area contributed by atoms with E-state index in [1.807, 2.05) is 29.2 Å². The summed E-state index contributed by atoms with van der Waals surface area (Å²) in [5, 5.41) is 0. The smallest absolute Gasteiger partial charge is 0.254 e. The first-order valence-electron chi connectivity index (χ1n) is 4.33. The zero-order valence-electron chi connectivity index (χ0n) is 7.16. The van der Waals surface area contributed by atoms with E-state index in [0.29, 0.717) is 0 Å². The summed E-state index contributed by atoms with van der Waals surface area (Å²) in [6.45, 7) is 1.84. The van der Waals surface area contributed by atoms with E-state index < -0.39 is 0 Å². The maximum Gasteiger partial charge on any atom is 0.254 e. The monoisotopic (exact) mass is 287 g/mol. The Bertz CT molecular complexity index is 333. The van der Waals surface area contributed by atoms with Gasteiger partial charge in [-0.3, -0.25) is 4.79 Å². The van der Waals surface area contributed by atoms with Crippen molar-refractivity contribution in [3.63, 3.8) is 0 Å². The molecule has 0 spiro atoms. The molecule has 68 valence electrons. The fourth-order valence-electron chi connectivity index (χ4n) is 1.32. The second kappa shape index (κ2) is 3.65. The van der Waals surface area contributed by atoms with E-state index in [-0.39, 0.29) is 5.91 Å². The Balaban J connectivity index is 2.24. The van der Waals surface area contributed by atoms with Gasteiger partial charge in [-0.25, -0.2) is 0 Å². The van der Waals surface area contributed by atoms with Crippen molar-refractivity contribution < 1.29 is 4.79 Å². The normalized spacial score (nSPS) is 15.3. The number of amides is 1. The minimum Gasteiger partial charge on any atom is -0.338 e. The van der Waals surface area contributed by atoms with Crippen molar-refractivity contribution in [2.45, 2.75) is 6.42 Å². The van der Waals surface area contributed by atoms with Gasteiger partial charge in [-0.1, -0.05) is 12.1 Å². The molecule has 2 rings (SSSR count). The van der Waals surface area contributed by atoms with Crippen LogP contribution >= 0.6 is 22.6 Å². The molecule has 0 aromatic heterocycles. The summed E-state index contributed by atoms with van der Waals surface area (Å²) < 4.78 is 1.04. The topological polar surface area (TPSA) is 20.3 Å². The number of nitrogens with zero attached hydrogens (tertiary/aromatic N) is 1. The maximum absolute atomic E-state index is 11.8. The van der Waals surface area contributed by atoms with Crippen molar-refractivity contribution in [1.29, 1.82) is 0 Å². The van der Waals surface area contributed by atoms with Gasteiger partial charge in [-0.15, -0.1) is 0 Å². The van der Waals surface area contributed by atoms with Crippen LogP contribution in [0.4, 0.5) is 0 Å².